The molecular weight excluding hydrogens is 351 g/mol. The van der Waals surface area contributed by atoms with E-state index in [1.807, 2.05) is 0 Å². The summed E-state index contributed by atoms with van der Waals surface area (Å²) >= 11 is 3.29. The van der Waals surface area contributed by atoms with Gasteiger partial charge in [0.15, 0.2) is 0 Å². The Morgan fingerprint density at radius 3 is 2.59 bits per heavy atom. The number of allylic oxidation sites excluding steroid dienone is 1. The Morgan fingerprint density at radius 2 is 1.91 bits per heavy atom. The number of carbonyl (C=O) groups excluding carboxylic acids is 2. The van der Waals surface area contributed by atoms with Gasteiger partial charge >= 0.3 is 5.97 Å². The van der Waals surface area contributed by atoms with Crippen LogP contribution in [0.3, 0.4) is 0 Å². The molecule has 2 aromatic carbocycles. The van der Waals surface area contributed by atoms with Crippen LogP contribution in [-0.4, -0.2) is 11.8 Å². The third-order valence-electron chi connectivity index (χ3n) is 3.30. The van der Waals surface area contributed by atoms with E-state index in [-0.39, 0.29) is 11.6 Å². The fourth-order valence-corrected chi connectivity index (χ4v) is 3.09. The van der Waals surface area contributed by atoms with Crippen LogP contribution in [0, 0.1) is 5.82 Å². The van der Waals surface area contributed by atoms with Crippen LogP contribution < -0.4 is 4.74 Å². The highest BCUT2D eigenvalue weighted by Crippen LogP contribution is 2.41. The van der Waals surface area contributed by atoms with E-state index in [9.17, 15) is 14.0 Å². The normalized spacial score (nSPS) is 13.3. The summed E-state index contributed by atoms with van der Waals surface area (Å²) in [7, 11) is 0. The summed E-state index contributed by atoms with van der Waals surface area (Å²) in [6, 6.07) is 10.9. The van der Waals surface area contributed by atoms with Gasteiger partial charge in [-0.25, -0.2) is 4.39 Å². The van der Waals surface area contributed by atoms with Crippen LogP contribution in [0.1, 0.15) is 28.4 Å². The van der Waals surface area contributed by atoms with Gasteiger partial charge in [-0.05, 0) is 57.4 Å². The molecule has 0 amide bonds. The van der Waals surface area contributed by atoms with Gasteiger partial charge in [-0.2, -0.15) is 0 Å². The molecule has 0 bridgehead atoms. The molecule has 0 heterocycles. The minimum atomic E-state index is -0.456. The Morgan fingerprint density at radius 1 is 1.14 bits per heavy atom. The van der Waals surface area contributed by atoms with Gasteiger partial charge in [0.1, 0.15) is 11.6 Å². The number of esters is 1. The van der Waals surface area contributed by atoms with Crippen LogP contribution in [0.4, 0.5) is 4.39 Å². The highest BCUT2D eigenvalue weighted by Gasteiger charge is 2.29. The van der Waals surface area contributed by atoms with Gasteiger partial charge in [-0.3, -0.25) is 9.59 Å². The molecule has 0 aromatic heterocycles. The maximum absolute atomic E-state index is 13.4. The minimum absolute atomic E-state index is 0.219. The molecule has 1 aliphatic carbocycles. The zero-order chi connectivity index (χ0) is 15.9. The van der Waals surface area contributed by atoms with Crippen LogP contribution in [0.25, 0.3) is 5.57 Å². The van der Waals surface area contributed by atoms with Crippen LogP contribution >= 0.6 is 15.9 Å². The molecule has 0 atom stereocenters. The fraction of sp³-hybridized carbons (Fsp3) is 0.0588. The van der Waals surface area contributed by atoms with Crippen LogP contribution in [0.5, 0.6) is 5.75 Å². The Bertz CT molecular complexity index is 840. The number of carbonyl (C=O) groups is 2. The minimum Gasteiger partial charge on any atom is -0.427 e. The molecular formula is C17H10BrFO3. The van der Waals surface area contributed by atoms with E-state index in [1.54, 1.807) is 24.3 Å². The Hall–Kier alpha value is -2.27. The van der Waals surface area contributed by atoms with Gasteiger partial charge in [-0.1, -0.05) is 12.1 Å². The van der Waals surface area contributed by atoms with Crippen molar-refractivity contribution in [1.29, 1.82) is 0 Å². The van der Waals surface area contributed by atoms with E-state index in [2.05, 4.69) is 15.9 Å². The summed E-state index contributed by atoms with van der Waals surface area (Å²) < 4.78 is 18.8. The number of hydrogen-bond donors (Lipinski definition) is 0. The van der Waals surface area contributed by atoms with Crippen molar-refractivity contribution < 1.29 is 18.7 Å². The molecule has 0 radical (unpaired) electrons. The standard InChI is InChI=1S/C17H10BrFO3/c1-9(20)22-12-5-6-13-14(8-12)17(21)16(18)15(13)10-3-2-4-11(19)7-10/h2-8H,1H3. The monoisotopic (exact) mass is 360 g/mol. The van der Waals surface area contributed by atoms with Gasteiger partial charge in [-0.15, -0.1) is 0 Å². The summed E-state index contributed by atoms with van der Waals surface area (Å²) in [5.74, 6) is -0.742. The van der Waals surface area contributed by atoms with E-state index in [4.69, 9.17) is 4.74 Å². The van der Waals surface area contributed by atoms with Crippen molar-refractivity contribution >= 4 is 33.3 Å². The van der Waals surface area contributed by atoms with E-state index in [0.717, 1.165) is 0 Å². The lowest BCUT2D eigenvalue weighted by molar-refractivity contribution is -0.131. The summed E-state index contributed by atoms with van der Waals surface area (Å²) in [5, 5.41) is 0. The number of rotatable bonds is 2. The molecule has 0 fully saturated rings. The first-order chi connectivity index (χ1) is 10.5. The van der Waals surface area contributed by atoms with Gasteiger partial charge < -0.3 is 4.74 Å². The molecule has 5 heteroatoms. The molecule has 2 aromatic rings. The van der Waals surface area contributed by atoms with Crippen molar-refractivity contribution in [2.45, 2.75) is 6.92 Å². The lowest BCUT2D eigenvalue weighted by Crippen LogP contribution is -2.03. The summed E-state index contributed by atoms with van der Waals surface area (Å²) in [4.78, 5) is 23.4. The molecule has 0 N–H and O–H groups in total. The molecule has 3 nitrogen and oxygen atoms in total. The largest absolute Gasteiger partial charge is 0.427 e. The van der Waals surface area contributed by atoms with Crippen molar-refractivity contribution in [3.63, 3.8) is 0 Å². The fourth-order valence-electron chi connectivity index (χ4n) is 2.43. The highest BCUT2D eigenvalue weighted by atomic mass is 79.9. The molecule has 0 spiro atoms. The number of ether oxygens (including phenoxy) is 1. The van der Waals surface area contributed by atoms with Gasteiger partial charge in [0.05, 0.1) is 4.48 Å². The first-order valence-electron chi connectivity index (χ1n) is 6.50. The number of fused-ring (bicyclic) bond motifs is 1. The molecule has 1 aliphatic rings. The van der Waals surface area contributed by atoms with Crippen molar-refractivity contribution in [2.24, 2.45) is 0 Å². The van der Waals surface area contributed by atoms with E-state index in [1.165, 1.54) is 25.1 Å². The number of halogens is 2. The van der Waals surface area contributed by atoms with Crippen molar-refractivity contribution in [3.05, 3.63) is 69.5 Å². The highest BCUT2D eigenvalue weighted by molar-refractivity contribution is 9.12. The number of hydrogen-bond acceptors (Lipinski definition) is 3. The summed E-state index contributed by atoms with van der Waals surface area (Å²) in [6.45, 7) is 1.29. The second kappa shape index (κ2) is 5.50. The van der Waals surface area contributed by atoms with Crippen molar-refractivity contribution in [2.75, 3.05) is 0 Å². The van der Waals surface area contributed by atoms with Crippen molar-refractivity contribution in [3.8, 4) is 5.75 Å². The van der Waals surface area contributed by atoms with Crippen LogP contribution in [0.15, 0.2) is 46.9 Å². The molecule has 3 rings (SSSR count). The maximum atomic E-state index is 13.4. The second-order valence-electron chi connectivity index (χ2n) is 4.83. The molecule has 22 heavy (non-hydrogen) atoms. The quantitative estimate of drug-likeness (QED) is 0.598. The Kier molecular flexibility index (Phi) is 3.66. The maximum Gasteiger partial charge on any atom is 0.308 e. The zero-order valence-electron chi connectivity index (χ0n) is 11.5. The Balaban J connectivity index is 2.12. The predicted octanol–water partition coefficient (Wildman–Crippen LogP) is 4.10. The van der Waals surface area contributed by atoms with E-state index >= 15 is 0 Å². The number of ketones is 1. The zero-order valence-corrected chi connectivity index (χ0v) is 13.1. The Labute approximate surface area is 134 Å². The average molecular weight is 361 g/mol. The average Bonchev–Trinajstić information content (AvgIpc) is 2.70. The molecule has 0 aliphatic heterocycles. The third-order valence-corrected chi connectivity index (χ3v) is 4.06. The SMILES string of the molecule is CC(=O)Oc1ccc2c(c1)C(=O)C(Br)=C2c1cccc(F)c1. The second-order valence-corrected chi connectivity index (χ2v) is 5.62. The van der Waals surface area contributed by atoms with Gasteiger partial charge in [0.25, 0.3) is 0 Å². The van der Waals surface area contributed by atoms with E-state index < -0.39 is 5.97 Å². The van der Waals surface area contributed by atoms with Crippen LogP contribution in [-0.2, 0) is 4.79 Å². The molecule has 110 valence electrons. The lowest BCUT2D eigenvalue weighted by Gasteiger charge is -2.07. The first kappa shape index (κ1) is 14.7. The smallest absolute Gasteiger partial charge is 0.308 e. The third kappa shape index (κ3) is 2.48. The molecule has 0 unspecified atom stereocenters. The lowest BCUT2D eigenvalue weighted by atomic mass is 9.99. The number of benzene rings is 2. The summed E-state index contributed by atoms with van der Waals surface area (Å²) in [5.41, 5.74) is 2.34. The van der Waals surface area contributed by atoms with Crippen molar-refractivity contribution in [1.82, 2.24) is 0 Å². The predicted molar refractivity (Wildman–Crippen MR) is 83.4 cm³/mol. The van der Waals surface area contributed by atoms with Crippen LogP contribution in [0.2, 0.25) is 0 Å². The molecule has 0 saturated heterocycles. The summed E-state index contributed by atoms with van der Waals surface area (Å²) in [6.07, 6.45) is 0. The van der Waals surface area contributed by atoms with E-state index in [0.29, 0.717) is 32.5 Å². The molecule has 0 saturated carbocycles. The van der Waals surface area contributed by atoms with Gasteiger partial charge in [0, 0.05) is 18.1 Å². The topological polar surface area (TPSA) is 43.4 Å². The van der Waals surface area contributed by atoms with Gasteiger partial charge in [0.2, 0.25) is 5.78 Å². The first-order valence-corrected chi connectivity index (χ1v) is 7.30. The number of Topliss-reactive ketones (excluding diaryl/α,β-unsaturated/α-hetero) is 1.